The SMILES string of the molecule is Cc1nn(C)c(Cl)c1S(=O)(=O)Nc1cccc(-c2nn[nH]n2)c1. The summed E-state index contributed by atoms with van der Waals surface area (Å²) in [4.78, 5) is -0.0494. The number of sulfonamides is 1. The maximum atomic E-state index is 12.6. The number of aromatic amines is 1. The number of tetrazole rings is 1. The third kappa shape index (κ3) is 2.90. The highest BCUT2D eigenvalue weighted by atomic mass is 35.5. The summed E-state index contributed by atoms with van der Waals surface area (Å²) in [6.07, 6.45) is 0. The molecule has 0 aliphatic rings. The molecule has 9 nitrogen and oxygen atoms in total. The van der Waals surface area contributed by atoms with Gasteiger partial charge < -0.3 is 0 Å². The lowest BCUT2D eigenvalue weighted by Gasteiger charge is -2.08. The fourth-order valence-corrected chi connectivity index (χ4v) is 3.93. The summed E-state index contributed by atoms with van der Waals surface area (Å²) in [5.74, 6) is 0.363. The summed E-state index contributed by atoms with van der Waals surface area (Å²) in [5, 5.41) is 17.6. The van der Waals surface area contributed by atoms with E-state index in [0.717, 1.165) is 0 Å². The zero-order chi connectivity index (χ0) is 16.6. The van der Waals surface area contributed by atoms with Gasteiger partial charge in [0.25, 0.3) is 10.0 Å². The van der Waals surface area contributed by atoms with Gasteiger partial charge in [-0.2, -0.15) is 10.3 Å². The van der Waals surface area contributed by atoms with Crippen LogP contribution in [0.15, 0.2) is 29.2 Å². The number of anilines is 1. The predicted molar refractivity (Wildman–Crippen MR) is 83.4 cm³/mol. The Bertz CT molecular complexity index is 950. The number of hydrogen-bond acceptors (Lipinski definition) is 6. The van der Waals surface area contributed by atoms with E-state index in [2.05, 4.69) is 30.4 Å². The van der Waals surface area contributed by atoms with Crippen molar-refractivity contribution in [2.75, 3.05) is 4.72 Å². The Kier molecular flexibility index (Phi) is 3.78. The van der Waals surface area contributed by atoms with Crippen LogP contribution in [0.2, 0.25) is 5.15 Å². The Morgan fingerprint density at radius 1 is 1.35 bits per heavy atom. The summed E-state index contributed by atoms with van der Waals surface area (Å²) in [6.45, 7) is 1.58. The summed E-state index contributed by atoms with van der Waals surface area (Å²) in [5.41, 5.74) is 1.29. The van der Waals surface area contributed by atoms with Gasteiger partial charge in [-0.15, -0.1) is 10.2 Å². The minimum atomic E-state index is -3.87. The van der Waals surface area contributed by atoms with Gasteiger partial charge in [-0.1, -0.05) is 23.7 Å². The fourth-order valence-electron chi connectivity index (χ4n) is 2.13. The van der Waals surface area contributed by atoms with Gasteiger partial charge in [0.15, 0.2) is 0 Å². The molecule has 23 heavy (non-hydrogen) atoms. The zero-order valence-electron chi connectivity index (χ0n) is 12.1. The van der Waals surface area contributed by atoms with Crippen molar-refractivity contribution in [2.24, 2.45) is 7.05 Å². The average Bonchev–Trinajstić information content (AvgIpc) is 3.08. The Balaban J connectivity index is 1.97. The Labute approximate surface area is 136 Å². The van der Waals surface area contributed by atoms with E-state index in [4.69, 9.17) is 11.6 Å². The number of aromatic nitrogens is 6. The Morgan fingerprint density at radius 2 is 2.13 bits per heavy atom. The molecule has 0 aliphatic carbocycles. The number of nitrogens with zero attached hydrogens (tertiary/aromatic N) is 5. The largest absolute Gasteiger partial charge is 0.279 e. The molecule has 2 N–H and O–H groups in total. The molecule has 11 heteroatoms. The second kappa shape index (κ2) is 5.63. The van der Waals surface area contributed by atoms with E-state index in [0.29, 0.717) is 22.8 Å². The van der Waals surface area contributed by atoms with E-state index in [1.807, 2.05) is 0 Å². The third-order valence-corrected chi connectivity index (χ3v) is 5.16. The van der Waals surface area contributed by atoms with E-state index in [1.54, 1.807) is 38.2 Å². The molecule has 3 rings (SSSR count). The molecule has 0 atom stereocenters. The van der Waals surface area contributed by atoms with Gasteiger partial charge in [-0.3, -0.25) is 9.40 Å². The van der Waals surface area contributed by atoms with Gasteiger partial charge in [0, 0.05) is 18.3 Å². The number of halogens is 1. The maximum absolute atomic E-state index is 12.6. The minimum absolute atomic E-state index is 0.0457. The Hall–Kier alpha value is -2.46. The molecule has 2 aromatic heterocycles. The summed E-state index contributed by atoms with van der Waals surface area (Å²) < 4.78 is 28.9. The highest BCUT2D eigenvalue weighted by Gasteiger charge is 2.25. The second-order valence-corrected chi connectivity index (χ2v) is 6.73. The monoisotopic (exact) mass is 353 g/mol. The lowest BCUT2D eigenvalue weighted by molar-refractivity contribution is 0.600. The highest BCUT2D eigenvalue weighted by Crippen LogP contribution is 2.27. The van der Waals surface area contributed by atoms with E-state index < -0.39 is 10.0 Å². The van der Waals surface area contributed by atoms with Crippen molar-refractivity contribution in [1.82, 2.24) is 30.4 Å². The molecule has 0 radical (unpaired) electrons. The van der Waals surface area contributed by atoms with Crippen LogP contribution in [0.5, 0.6) is 0 Å². The van der Waals surface area contributed by atoms with Crippen LogP contribution in [-0.2, 0) is 17.1 Å². The van der Waals surface area contributed by atoms with E-state index >= 15 is 0 Å². The minimum Gasteiger partial charge on any atom is -0.279 e. The smallest absolute Gasteiger partial charge is 0.266 e. The summed E-state index contributed by atoms with van der Waals surface area (Å²) >= 11 is 6.03. The lowest BCUT2D eigenvalue weighted by Crippen LogP contribution is -2.14. The van der Waals surface area contributed by atoms with Crippen molar-refractivity contribution in [1.29, 1.82) is 0 Å². The molecule has 0 amide bonds. The second-order valence-electron chi connectivity index (χ2n) is 4.75. The molecule has 0 saturated heterocycles. The zero-order valence-corrected chi connectivity index (χ0v) is 13.7. The number of aryl methyl sites for hydroxylation is 2. The summed E-state index contributed by atoms with van der Waals surface area (Å²) in [7, 11) is -2.29. The molecule has 120 valence electrons. The van der Waals surface area contributed by atoms with Gasteiger partial charge in [0.05, 0.1) is 5.69 Å². The van der Waals surface area contributed by atoms with Crippen LogP contribution in [0.25, 0.3) is 11.4 Å². The first-order valence-electron chi connectivity index (χ1n) is 6.44. The van der Waals surface area contributed by atoms with E-state index in [-0.39, 0.29) is 10.0 Å². The molecule has 3 aromatic rings. The number of hydrogen-bond donors (Lipinski definition) is 2. The Morgan fingerprint density at radius 3 is 2.74 bits per heavy atom. The van der Waals surface area contributed by atoms with E-state index in [1.165, 1.54) is 4.68 Å². The number of benzene rings is 1. The number of nitrogens with one attached hydrogen (secondary N) is 2. The van der Waals surface area contributed by atoms with Crippen molar-refractivity contribution < 1.29 is 8.42 Å². The fraction of sp³-hybridized carbons (Fsp3) is 0.167. The molecule has 0 fully saturated rings. The topological polar surface area (TPSA) is 118 Å². The van der Waals surface area contributed by atoms with E-state index in [9.17, 15) is 8.42 Å². The van der Waals surface area contributed by atoms with Crippen LogP contribution in [0.4, 0.5) is 5.69 Å². The molecule has 1 aromatic carbocycles. The van der Waals surface area contributed by atoms with Gasteiger partial charge in [-0.05, 0) is 24.3 Å². The maximum Gasteiger partial charge on any atom is 0.266 e. The van der Waals surface area contributed by atoms with Crippen molar-refractivity contribution in [2.45, 2.75) is 11.8 Å². The van der Waals surface area contributed by atoms with Gasteiger partial charge in [0.2, 0.25) is 5.82 Å². The van der Waals surface area contributed by atoms with Gasteiger partial charge in [-0.25, -0.2) is 8.42 Å². The standard InChI is InChI=1S/C12H12ClN7O2S/c1-7-10(11(13)20(2)16-7)23(21,22)17-9-5-3-4-8(6-9)12-14-18-19-15-12/h3-6,17H,1-2H3,(H,14,15,18,19). The molecule has 0 unspecified atom stereocenters. The first kappa shape index (κ1) is 15.4. The van der Waals surface area contributed by atoms with Crippen LogP contribution in [0.3, 0.4) is 0 Å². The summed E-state index contributed by atoms with van der Waals surface area (Å²) in [6, 6.07) is 6.63. The van der Waals surface area contributed by atoms with Gasteiger partial charge >= 0.3 is 0 Å². The average molecular weight is 354 g/mol. The quantitative estimate of drug-likeness (QED) is 0.731. The normalized spacial score (nSPS) is 11.6. The van der Waals surface area contributed by atoms with Crippen LogP contribution < -0.4 is 4.72 Å². The molecular weight excluding hydrogens is 342 g/mol. The van der Waals surface area contributed by atoms with Crippen LogP contribution in [0.1, 0.15) is 5.69 Å². The first-order chi connectivity index (χ1) is 10.9. The van der Waals surface area contributed by atoms with Crippen LogP contribution in [0, 0.1) is 6.92 Å². The van der Waals surface area contributed by atoms with Crippen LogP contribution in [-0.4, -0.2) is 38.8 Å². The van der Waals surface area contributed by atoms with Crippen molar-refractivity contribution >= 4 is 27.3 Å². The van der Waals surface area contributed by atoms with Gasteiger partial charge in [0.1, 0.15) is 10.0 Å². The first-order valence-corrected chi connectivity index (χ1v) is 8.30. The molecule has 0 bridgehead atoms. The van der Waals surface area contributed by atoms with Crippen LogP contribution >= 0.6 is 11.6 Å². The third-order valence-electron chi connectivity index (χ3n) is 3.09. The molecule has 0 aliphatic heterocycles. The molecule has 0 spiro atoms. The highest BCUT2D eigenvalue weighted by molar-refractivity contribution is 7.92. The molecule has 2 heterocycles. The van der Waals surface area contributed by atoms with Crippen molar-refractivity contribution in [3.63, 3.8) is 0 Å². The number of rotatable bonds is 4. The molecular formula is C12H12ClN7O2S. The van der Waals surface area contributed by atoms with Crippen molar-refractivity contribution in [3.8, 4) is 11.4 Å². The molecule has 0 saturated carbocycles. The van der Waals surface area contributed by atoms with Crippen molar-refractivity contribution in [3.05, 3.63) is 35.1 Å². The number of H-pyrrole nitrogens is 1. The predicted octanol–water partition coefficient (Wildman–Crippen LogP) is 1.36. The lowest BCUT2D eigenvalue weighted by atomic mass is 10.2.